The Kier molecular flexibility index (Phi) is 4.66. The van der Waals surface area contributed by atoms with E-state index in [0.29, 0.717) is 0 Å². The van der Waals surface area contributed by atoms with Crippen LogP contribution in [0, 0.1) is 27.7 Å². The van der Waals surface area contributed by atoms with E-state index in [9.17, 15) is 0 Å². The maximum absolute atomic E-state index is 2.24. The molecule has 0 radical (unpaired) electrons. The van der Waals surface area contributed by atoms with Crippen molar-refractivity contribution in [1.29, 1.82) is 0 Å². The van der Waals surface area contributed by atoms with E-state index in [0.717, 1.165) is 0 Å². The molecule has 0 amide bonds. The van der Waals surface area contributed by atoms with Gasteiger partial charge in [-0.1, -0.05) is 83.9 Å². The quantitative estimate of drug-likeness (QED) is 0.331. The van der Waals surface area contributed by atoms with Gasteiger partial charge in [0.1, 0.15) is 0 Å². The van der Waals surface area contributed by atoms with Gasteiger partial charge in [0.05, 0.1) is 0 Å². The first-order chi connectivity index (χ1) is 11.5. The summed E-state index contributed by atoms with van der Waals surface area (Å²) in [6.45, 7) is 8.56. The van der Waals surface area contributed by atoms with E-state index >= 15 is 0 Å². The predicted octanol–water partition coefficient (Wildman–Crippen LogP) is 6.91. The number of fused-ring (bicyclic) bond motifs is 2. The van der Waals surface area contributed by atoms with Crippen LogP contribution in [0.1, 0.15) is 22.3 Å². The van der Waals surface area contributed by atoms with E-state index in [2.05, 4.69) is 100 Å². The lowest BCUT2D eigenvalue weighted by Gasteiger charge is -2.02. The lowest BCUT2D eigenvalue weighted by atomic mass is 10.0. The van der Waals surface area contributed by atoms with Crippen molar-refractivity contribution in [2.75, 3.05) is 0 Å². The molecule has 4 aromatic carbocycles. The van der Waals surface area contributed by atoms with Crippen LogP contribution < -0.4 is 0 Å². The summed E-state index contributed by atoms with van der Waals surface area (Å²) in [5, 5.41) is 5.34. The Morgan fingerprint density at radius 3 is 1.21 bits per heavy atom. The lowest BCUT2D eigenvalue weighted by Crippen LogP contribution is -1.80. The van der Waals surface area contributed by atoms with Gasteiger partial charge >= 0.3 is 0 Å². The zero-order valence-corrected chi connectivity index (χ0v) is 14.9. The summed E-state index contributed by atoms with van der Waals surface area (Å²) in [6.07, 6.45) is 0. The lowest BCUT2D eigenvalue weighted by molar-refractivity contribution is 1.37. The minimum absolute atomic E-state index is 1.33. The largest absolute Gasteiger partial charge is 0.0616 e. The van der Waals surface area contributed by atoms with Crippen molar-refractivity contribution in [1.82, 2.24) is 0 Å². The molecule has 4 aromatic rings. The molecule has 0 saturated heterocycles. The van der Waals surface area contributed by atoms with E-state index in [-0.39, 0.29) is 0 Å². The maximum atomic E-state index is 2.24. The number of benzene rings is 4. The molecule has 0 aromatic heterocycles. The summed E-state index contributed by atoms with van der Waals surface area (Å²) in [5.41, 5.74) is 5.39. The molecule has 4 rings (SSSR count). The zero-order chi connectivity index (χ0) is 17.1. The molecule has 0 heteroatoms. The molecular weight excluding hydrogens is 288 g/mol. The standard InChI is InChI=1S/2C12H12/c1-9-3-5-12-8-10(2)4-6-11(12)7-9;1-9-7-11-5-3-4-6-12(11)8-10(9)2/h2*3-8H,1-2H3. The number of aryl methyl sites for hydroxylation is 4. The fraction of sp³-hybridized carbons (Fsp3) is 0.167. The molecule has 0 unspecified atom stereocenters. The van der Waals surface area contributed by atoms with Crippen LogP contribution in [-0.4, -0.2) is 0 Å². The predicted molar refractivity (Wildman–Crippen MR) is 107 cm³/mol. The Bertz CT molecular complexity index is 911. The van der Waals surface area contributed by atoms with Crippen molar-refractivity contribution in [3.63, 3.8) is 0 Å². The SMILES string of the molecule is Cc1cc2ccccc2cc1C.Cc1ccc2cc(C)ccc2c1. The average molecular weight is 312 g/mol. The van der Waals surface area contributed by atoms with Crippen LogP contribution in [0.15, 0.2) is 72.8 Å². The van der Waals surface area contributed by atoms with Crippen LogP contribution in [-0.2, 0) is 0 Å². The highest BCUT2D eigenvalue weighted by atomic mass is 14.0. The van der Waals surface area contributed by atoms with Crippen LogP contribution >= 0.6 is 0 Å². The fourth-order valence-electron chi connectivity index (χ4n) is 2.95. The van der Waals surface area contributed by atoms with E-state index in [1.165, 1.54) is 43.8 Å². The van der Waals surface area contributed by atoms with Crippen LogP contribution in [0.2, 0.25) is 0 Å². The van der Waals surface area contributed by atoms with E-state index in [1.807, 2.05) is 0 Å². The van der Waals surface area contributed by atoms with Crippen molar-refractivity contribution >= 4 is 21.5 Å². The van der Waals surface area contributed by atoms with Crippen LogP contribution in [0.25, 0.3) is 21.5 Å². The van der Waals surface area contributed by atoms with Crippen molar-refractivity contribution in [2.45, 2.75) is 27.7 Å². The average Bonchev–Trinajstić information content (AvgIpc) is 2.57. The molecule has 0 saturated carbocycles. The van der Waals surface area contributed by atoms with Gasteiger partial charge in [0.2, 0.25) is 0 Å². The first-order valence-electron chi connectivity index (χ1n) is 8.46. The van der Waals surface area contributed by atoms with Crippen LogP contribution in [0.5, 0.6) is 0 Å². The highest BCUT2D eigenvalue weighted by Gasteiger charge is 1.95. The van der Waals surface area contributed by atoms with Gasteiger partial charge in [-0.2, -0.15) is 0 Å². The molecule has 0 atom stereocenters. The third-order valence-electron chi connectivity index (χ3n) is 4.51. The van der Waals surface area contributed by atoms with Gasteiger partial charge in [-0.15, -0.1) is 0 Å². The number of rotatable bonds is 0. The number of hydrogen-bond donors (Lipinski definition) is 0. The summed E-state index contributed by atoms with van der Waals surface area (Å²) < 4.78 is 0. The maximum Gasteiger partial charge on any atom is -0.0181 e. The molecule has 0 nitrogen and oxygen atoms in total. The Hall–Kier alpha value is -2.60. The Morgan fingerprint density at radius 2 is 0.792 bits per heavy atom. The van der Waals surface area contributed by atoms with Crippen molar-refractivity contribution in [2.24, 2.45) is 0 Å². The first-order valence-corrected chi connectivity index (χ1v) is 8.46. The molecule has 24 heavy (non-hydrogen) atoms. The van der Waals surface area contributed by atoms with Gasteiger partial charge < -0.3 is 0 Å². The van der Waals surface area contributed by atoms with Crippen molar-refractivity contribution in [3.05, 3.63) is 95.1 Å². The van der Waals surface area contributed by atoms with Gasteiger partial charge in [-0.25, -0.2) is 0 Å². The summed E-state index contributed by atoms with van der Waals surface area (Å²) in [5.74, 6) is 0. The Labute approximate surface area is 144 Å². The third-order valence-corrected chi connectivity index (χ3v) is 4.51. The van der Waals surface area contributed by atoms with E-state index < -0.39 is 0 Å². The minimum atomic E-state index is 1.33. The molecule has 0 bridgehead atoms. The van der Waals surface area contributed by atoms with E-state index in [4.69, 9.17) is 0 Å². The fourth-order valence-corrected chi connectivity index (χ4v) is 2.95. The Morgan fingerprint density at radius 1 is 0.417 bits per heavy atom. The normalized spacial score (nSPS) is 10.5. The van der Waals surface area contributed by atoms with Crippen molar-refractivity contribution in [3.8, 4) is 0 Å². The molecule has 0 N–H and O–H groups in total. The van der Waals surface area contributed by atoms with Gasteiger partial charge in [0.15, 0.2) is 0 Å². The van der Waals surface area contributed by atoms with Crippen LogP contribution in [0.4, 0.5) is 0 Å². The molecule has 120 valence electrons. The van der Waals surface area contributed by atoms with Gasteiger partial charge in [0, 0.05) is 0 Å². The van der Waals surface area contributed by atoms with Gasteiger partial charge in [-0.3, -0.25) is 0 Å². The second-order valence-corrected chi connectivity index (χ2v) is 6.64. The molecule has 0 aliphatic carbocycles. The van der Waals surface area contributed by atoms with Crippen LogP contribution in [0.3, 0.4) is 0 Å². The molecule has 0 spiro atoms. The Balaban J connectivity index is 0.000000141. The van der Waals surface area contributed by atoms with Gasteiger partial charge in [-0.05, 0) is 60.4 Å². The second kappa shape index (κ2) is 6.88. The first kappa shape index (κ1) is 16.3. The molecule has 0 heterocycles. The van der Waals surface area contributed by atoms with Crippen molar-refractivity contribution < 1.29 is 0 Å². The second-order valence-electron chi connectivity index (χ2n) is 6.64. The molecule has 0 aliphatic rings. The zero-order valence-electron chi connectivity index (χ0n) is 14.9. The topological polar surface area (TPSA) is 0 Å². The number of hydrogen-bond acceptors (Lipinski definition) is 0. The smallest absolute Gasteiger partial charge is 0.0181 e. The summed E-state index contributed by atoms with van der Waals surface area (Å²) in [6, 6.07) is 26.1. The van der Waals surface area contributed by atoms with Gasteiger partial charge in [0.25, 0.3) is 0 Å². The monoisotopic (exact) mass is 312 g/mol. The minimum Gasteiger partial charge on any atom is -0.0616 e. The molecule has 0 fully saturated rings. The summed E-state index contributed by atoms with van der Waals surface area (Å²) in [4.78, 5) is 0. The highest BCUT2D eigenvalue weighted by molar-refractivity contribution is 5.84. The molecule has 0 aliphatic heterocycles. The third kappa shape index (κ3) is 3.65. The summed E-state index contributed by atoms with van der Waals surface area (Å²) >= 11 is 0. The van der Waals surface area contributed by atoms with E-state index in [1.54, 1.807) is 0 Å². The summed E-state index contributed by atoms with van der Waals surface area (Å²) in [7, 11) is 0. The molecular formula is C24H24. The highest BCUT2D eigenvalue weighted by Crippen LogP contribution is 2.18.